The van der Waals surface area contributed by atoms with E-state index in [1.165, 1.54) is 11.8 Å². The van der Waals surface area contributed by atoms with Crippen molar-refractivity contribution in [2.75, 3.05) is 26.8 Å². The Bertz CT molecular complexity index is 1180. The highest BCUT2D eigenvalue weighted by Gasteiger charge is 2.43. The molecule has 38 heavy (non-hydrogen) atoms. The zero-order valence-corrected chi connectivity index (χ0v) is 23.4. The van der Waals surface area contributed by atoms with Crippen LogP contribution in [-0.4, -0.2) is 65.7 Å². The molecule has 0 bridgehead atoms. The number of methoxy groups -OCH3 is 1. The van der Waals surface area contributed by atoms with E-state index in [9.17, 15) is 14.4 Å². The van der Waals surface area contributed by atoms with Crippen LogP contribution in [0.2, 0.25) is 0 Å². The second kappa shape index (κ2) is 12.1. The number of benzene rings is 1. The molecule has 4 rings (SSSR count). The Balaban J connectivity index is 1.60. The Morgan fingerprint density at radius 2 is 1.87 bits per heavy atom. The van der Waals surface area contributed by atoms with Gasteiger partial charge in [-0.25, -0.2) is 9.79 Å². The number of hydrogen-bond acceptors (Lipinski definition) is 9. The number of esters is 2. The molecule has 3 heterocycles. The maximum atomic E-state index is 13.4. The third-order valence-electron chi connectivity index (χ3n) is 6.80. The zero-order chi connectivity index (χ0) is 27.4. The molecular formula is C28H35N3O6S. The number of aliphatic imine (C=N–C) groups is 1. The average Bonchev–Trinajstić information content (AvgIpc) is 3.29. The second-order valence-corrected chi connectivity index (χ2v) is 10.5. The SMILES string of the molecule is CCOC(=O)C1CCN(C(=O)CC2=CSC3=NC(C)=C(C(=O)OC(C)C)C(c4ccccc4OC)N23)CC1. The number of carbonyl (C=O) groups is 3. The Kier molecular flexibility index (Phi) is 8.81. The van der Waals surface area contributed by atoms with Crippen LogP contribution in [0.15, 0.2) is 51.6 Å². The highest BCUT2D eigenvalue weighted by atomic mass is 32.2. The zero-order valence-electron chi connectivity index (χ0n) is 22.6. The molecule has 0 aliphatic carbocycles. The number of ether oxygens (including phenoxy) is 3. The Morgan fingerprint density at radius 3 is 2.53 bits per heavy atom. The molecule has 9 nitrogen and oxygen atoms in total. The van der Waals surface area contributed by atoms with Crippen LogP contribution in [0.4, 0.5) is 0 Å². The molecule has 0 saturated carbocycles. The summed E-state index contributed by atoms with van der Waals surface area (Å²) in [5, 5.41) is 2.62. The van der Waals surface area contributed by atoms with Crippen LogP contribution < -0.4 is 4.74 Å². The van der Waals surface area contributed by atoms with Crippen LogP contribution in [0.5, 0.6) is 5.75 Å². The summed E-state index contributed by atoms with van der Waals surface area (Å²) >= 11 is 1.43. The summed E-state index contributed by atoms with van der Waals surface area (Å²) in [4.78, 5) is 47.3. The summed E-state index contributed by atoms with van der Waals surface area (Å²) < 4.78 is 16.4. The Labute approximate surface area is 227 Å². The molecule has 1 aromatic rings. The van der Waals surface area contributed by atoms with Gasteiger partial charge >= 0.3 is 11.9 Å². The number of thioether (sulfide) groups is 1. The number of amidine groups is 1. The molecule has 204 valence electrons. The molecule has 0 radical (unpaired) electrons. The normalized spacial score (nSPS) is 19.7. The lowest BCUT2D eigenvalue weighted by Crippen LogP contribution is -2.42. The number of fused-ring (bicyclic) bond motifs is 1. The number of para-hydroxylation sites is 1. The smallest absolute Gasteiger partial charge is 0.338 e. The van der Waals surface area contributed by atoms with Gasteiger partial charge in [0.05, 0.1) is 49.5 Å². The molecular weight excluding hydrogens is 506 g/mol. The van der Waals surface area contributed by atoms with E-state index in [2.05, 4.69) is 0 Å². The van der Waals surface area contributed by atoms with Crippen molar-refractivity contribution in [2.45, 2.75) is 59.1 Å². The van der Waals surface area contributed by atoms with Crippen molar-refractivity contribution in [1.82, 2.24) is 9.80 Å². The van der Waals surface area contributed by atoms with E-state index < -0.39 is 12.0 Å². The van der Waals surface area contributed by atoms with Crippen molar-refractivity contribution < 1.29 is 28.6 Å². The van der Waals surface area contributed by atoms with Crippen LogP contribution in [0, 0.1) is 5.92 Å². The molecule has 1 atom stereocenters. The van der Waals surface area contributed by atoms with Gasteiger partial charge in [-0.1, -0.05) is 30.0 Å². The topological polar surface area (TPSA) is 97.7 Å². The lowest BCUT2D eigenvalue weighted by Gasteiger charge is -2.37. The van der Waals surface area contributed by atoms with Gasteiger partial charge in [0.2, 0.25) is 5.91 Å². The largest absolute Gasteiger partial charge is 0.496 e. The van der Waals surface area contributed by atoms with E-state index in [0.717, 1.165) is 11.3 Å². The van der Waals surface area contributed by atoms with Gasteiger partial charge in [-0.05, 0) is 52.0 Å². The second-order valence-electron chi connectivity index (χ2n) is 9.67. The van der Waals surface area contributed by atoms with Crippen molar-refractivity contribution >= 4 is 34.8 Å². The molecule has 1 saturated heterocycles. The van der Waals surface area contributed by atoms with Crippen LogP contribution in [0.1, 0.15) is 58.6 Å². The maximum Gasteiger partial charge on any atom is 0.338 e. The van der Waals surface area contributed by atoms with Gasteiger partial charge in [0, 0.05) is 24.4 Å². The third-order valence-corrected chi connectivity index (χ3v) is 7.69. The van der Waals surface area contributed by atoms with Gasteiger partial charge in [0.1, 0.15) is 5.75 Å². The highest BCUT2D eigenvalue weighted by Crippen LogP contribution is 2.47. The van der Waals surface area contributed by atoms with E-state index in [1.807, 2.05) is 48.4 Å². The minimum absolute atomic E-state index is 0.0308. The average molecular weight is 542 g/mol. The number of amides is 1. The monoisotopic (exact) mass is 541 g/mol. The molecule has 1 aromatic carbocycles. The van der Waals surface area contributed by atoms with Gasteiger partial charge < -0.3 is 24.0 Å². The Hall–Kier alpha value is -3.27. The van der Waals surface area contributed by atoms with Gasteiger partial charge in [0.15, 0.2) is 5.17 Å². The predicted octanol–water partition coefficient (Wildman–Crippen LogP) is 4.41. The minimum Gasteiger partial charge on any atom is -0.496 e. The number of hydrogen-bond donors (Lipinski definition) is 0. The fraction of sp³-hybridized carbons (Fsp3) is 0.500. The summed E-state index contributed by atoms with van der Waals surface area (Å²) in [7, 11) is 1.60. The minimum atomic E-state index is -0.562. The fourth-order valence-electron chi connectivity index (χ4n) is 4.99. The number of nitrogens with zero attached hydrogens (tertiary/aromatic N) is 3. The first-order valence-electron chi connectivity index (χ1n) is 13.0. The standard InChI is InChI=1S/C28H35N3O6S/c1-6-36-26(33)19-11-13-30(14-12-19)23(32)15-20-16-38-28-29-18(4)24(27(34)37-17(2)3)25(31(20)28)21-9-7-8-10-22(21)35-5/h7-10,16-17,19,25H,6,11-15H2,1-5H3. The molecule has 1 amide bonds. The van der Waals surface area contributed by atoms with Crippen LogP contribution in [0.25, 0.3) is 0 Å². The van der Waals surface area contributed by atoms with Crippen molar-refractivity contribution in [3.63, 3.8) is 0 Å². The van der Waals surface area contributed by atoms with Crippen LogP contribution in [-0.2, 0) is 23.9 Å². The van der Waals surface area contributed by atoms with E-state index in [1.54, 1.807) is 25.9 Å². The lowest BCUT2D eigenvalue weighted by atomic mass is 9.93. The fourth-order valence-corrected chi connectivity index (χ4v) is 5.95. The van der Waals surface area contributed by atoms with Gasteiger partial charge in [-0.2, -0.15) is 0 Å². The molecule has 0 N–H and O–H groups in total. The quantitative estimate of drug-likeness (QED) is 0.447. The van der Waals surface area contributed by atoms with Gasteiger partial charge in [0.25, 0.3) is 0 Å². The van der Waals surface area contributed by atoms with Crippen LogP contribution in [0.3, 0.4) is 0 Å². The molecule has 3 aliphatic heterocycles. The van der Waals surface area contributed by atoms with Crippen molar-refractivity contribution in [3.8, 4) is 5.75 Å². The molecule has 0 aromatic heterocycles. The highest BCUT2D eigenvalue weighted by molar-refractivity contribution is 8.16. The Morgan fingerprint density at radius 1 is 1.16 bits per heavy atom. The summed E-state index contributed by atoms with van der Waals surface area (Å²) in [6.07, 6.45) is 1.03. The summed E-state index contributed by atoms with van der Waals surface area (Å²) in [6, 6.07) is 6.99. The lowest BCUT2D eigenvalue weighted by molar-refractivity contribution is -0.151. The first-order chi connectivity index (χ1) is 18.2. The number of piperidine rings is 1. The molecule has 10 heteroatoms. The van der Waals surface area contributed by atoms with Gasteiger partial charge in [-0.15, -0.1) is 0 Å². The summed E-state index contributed by atoms with van der Waals surface area (Å²) in [5.41, 5.74) is 2.54. The molecule has 3 aliphatic rings. The van der Waals surface area contributed by atoms with Crippen LogP contribution >= 0.6 is 11.8 Å². The molecule has 1 unspecified atom stereocenters. The molecule has 1 fully saturated rings. The summed E-state index contributed by atoms with van der Waals surface area (Å²) in [5.74, 6) is -0.202. The summed E-state index contributed by atoms with van der Waals surface area (Å²) in [6.45, 7) is 8.59. The van der Waals surface area contributed by atoms with Crippen molar-refractivity contribution in [2.24, 2.45) is 10.9 Å². The maximum absolute atomic E-state index is 13.4. The number of carbonyl (C=O) groups excluding carboxylic acids is 3. The van der Waals surface area contributed by atoms with Gasteiger partial charge in [-0.3, -0.25) is 9.59 Å². The molecule has 0 spiro atoms. The first-order valence-corrected chi connectivity index (χ1v) is 13.9. The van der Waals surface area contributed by atoms with E-state index in [4.69, 9.17) is 19.2 Å². The van der Waals surface area contributed by atoms with Crippen molar-refractivity contribution in [3.05, 3.63) is 52.2 Å². The van der Waals surface area contributed by atoms with Crippen molar-refractivity contribution in [1.29, 1.82) is 0 Å². The van der Waals surface area contributed by atoms with E-state index in [0.29, 0.717) is 54.7 Å². The third kappa shape index (κ3) is 5.75. The number of rotatable bonds is 8. The predicted molar refractivity (Wildman–Crippen MR) is 145 cm³/mol. The van der Waals surface area contributed by atoms with E-state index >= 15 is 0 Å². The number of likely N-dealkylation sites (tertiary alicyclic amines) is 1. The van der Waals surface area contributed by atoms with E-state index in [-0.39, 0.29) is 30.3 Å². The number of allylic oxidation sites excluding steroid dienone is 1. The first kappa shape index (κ1) is 27.8.